The summed E-state index contributed by atoms with van der Waals surface area (Å²) >= 11 is 0. The molecule has 1 aliphatic rings. The van der Waals surface area contributed by atoms with Gasteiger partial charge in [0.25, 0.3) is 0 Å². The van der Waals surface area contributed by atoms with Crippen molar-refractivity contribution in [3.05, 3.63) is 0 Å². The molecule has 0 atom stereocenters. The predicted molar refractivity (Wildman–Crippen MR) is 68.5 cm³/mol. The van der Waals surface area contributed by atoms with Crippen molar-refractivity contribution in [3.63, 3.8) is 0 Å². The van der Waals surface area contributed by atoms with Gasteiger partial charge in [0.2, 0.25) is 0 Å². The van der Waals surface area contributed by atoms with Crippen LogP contribution in [0.3, 0.4) is 0 Å². The lowest BCUT2D eigenvalue weighted by Crippen LogP contribution is -2.41. The molecule has 0 aromatic rings. The van der Waals surface area contributed by atoms with Crippen LogP contribution in [-0.4, -0.2) is 30.7 Å². The largest absolute Gasteiger partial charge is 0.401 e. The van der Waals surface area contributed by atoms with Crippen LogP contribution in [0.15, 0.2) is 0 Å². The summed E-state index contributed by atoms with van der Waals surface area (Å²) in [5, 5.41) is 0. The minimum absolute atomic E-state index is 0.114. The van der Waals surface area contributed by atoms with E-state index in [1.54, 1.807) is 7.05 Å². The molecule has 0 saturated heterocycles. The topological polar surface area (TPSA) is 3.24 Å². The first-order valence-electron chi connectivity index (χ1n) is 6.84. The fraction of sp³-hybridized carbons (Fsp3) is 1.00. The van der Waals surface area contributed by atoms with Crippen LogP contribution in [0, 0.1) is 11.3 Å². The van der Waals surface area contributed by atoms with Crippen molar-refractivity contribution in [2.24, 2.45) is 11.3 Å². The van der Waals surface area contributed by atoms with Gasteiger partial charge in [-0.3, -0.25) is 4.90 Å². The van der Waals surface area contributed by atoms with Crippen molar-refractivity contribution in [3.8, 4) is 0 Å². The minimum Gasteiger partial charge on any atom is -0.295 e. The zero-order valence-corrected chi connectivity index (χ0v) is 12.0. The summed E-state index contributed by atoms with van der Waals surface area (Å²) in [5.41, 5.74) is 0.329. The Morgan fingerprint density at radius 2 is 1.50 bits per heavy atom. The van der Waals surface area contributed by atoms with Crippen molar-refractivity contribution in [2.75, 3.05) is 13.6 Å². The first kappa shape index (κ1) is 15.8. The highest BCUT2D eigenvalue weighted by atomic mass is 19.4. The Labute approximate surface area is 109 Å². The van der Waals surface area contributed by atoms with E-state index >= 15 is 0 Å². The minimum atomic E-state index is -4.07. The van der Waals surface area contributed by atoms with Crippen LogP contribution in [0.4, 0.5) is 13.2 Å². The summed E-state index contributed by atoms with van der Waals surface area (Å²) in [6, 6.07) is 0.114. The second kappa shape index (κ2) is 5.81. The number of hydrogen-bond donors (Lipinski definition) is 0. The zero-order valence-electron chi connectivity index (χ0n) is 12.0. The molecule has 1 nitrogen and oxygen atoms in total. The molecule has 0 aliphatic heterocycles. The van der Waals surface area contributed by atoms with Gasteiger partial charge in [0.15, 0.2) is 0 Å². The molecule has 108 valence electrons. The van der Waals surface area contributed by atoms with E-state index in [2.05, 4.69) is 20.8 Å². The van der Waals surface area contributed by atoms with Gasteiger partial charge in [0.05, 0.1) is 6.54 Å². The molecule has 0 aromatic carbocycles. The molecule has 0 N–H and O–H groups in total. The monoisotopic (exact) mass is 265 g/mol. The fourth-order valence-corrected chi connectivity index (χ4v) is 3.07. The fourth-order valence-electron chi connectivity index (χ4n) is 3.07. The van der Waals surface area contributed by atoms with Crippen LogP contribution in [0.1, 0.15) is 52.9 Å². The number of halogens is 3. The van der Waals surface area contributed by atoms with E-state index in [1.165, 1.54) is 11.3 Å². The van der Waals surface area contributed by atoms with Gasteiger partial charge in [-0.15, -0.1) is 0 Å². The Balaban J connectivity index is 2.35. The van der Waals surface area contributed by atoms with Gasteiger partial charge in [0.1, 0.15) is 0 Å². The average molecular weight is 265 g/mol. The van der Waals surface area contributed by atoms with E-state index in [9.17, 15) is 13.2 Å². The number of alkyl halides is 3. The first-order chi connectivity index (χ1) is 8.07. The van der Waals surface area contributed by atoms with Gasteiger partial charge in [-0.25, -0.2) is 0 Å². The van der Waals surface area contributed by atoms with E-state index in [0.29, 0.717) is 11.3 Å². The maximum Gasteiger partial charge on any atom is 0.401 e. The SMILES string of the molecule is CN(CC(F)(F)F)C1CCC(CC(C)(C)C)CC1. The molecule has 0 bridgehead atoms. The van der Waals surface area contributed by atoms with E-state index in [1.807, 2.05) is 0 Å². The molecule has 0 heterocycles. The van der Waals surface area contributed by atoms with E-state index in [4.69, 9.17) is 0 Å². The molecule has 0 amide bonds. The Bertz CT molecular complexity index is 247. The summed E-state index contributed by atoms with van der Waals surface area (Å²) in [5.74, 6) is 0.695. The molecule has 1 aliphatic carbocycles. The molecule has 1 fully saturated rings. The third kappa shape index (κ3) is 6.07. The van der Waals surface area contributed by atoms with Crippen LogP contribution in [-0.2, 0) is 0 Å². The van der Waals surface area contributed by atoms with Crippen LogP contribution in [0.25, 0.3) is 0 Å². The summed E-state index contributed by atoms with van der Waals surface area (Å²) in [4.78, 5) is 1.48. The number of nitrogens with zero attached hydrogens (tertiary/aromatic N) is 1. The van der Waals surface area contributed by atoms with Crippen molar-refractivity contribution in [1.29, 1.82) is 0 Å². The molecule has 0 radical (unpaired) electrons. The Morgan fingerprint density at radius 1 is 1.00 bits per heavy atom. The van der Waals surface area contributed by atoms with Gasteiger partial charge < -0.3 is 0 Å². The highest BCUT2D eigenvalue weighted by molar-refractivity contribution is 4.81. The van der Waals surface area contributed by atoms with Crippen LogP contribution < -0.4 is 0 Å². The van der Waals surface area contributed by atoms with Crippen LogP contribution >= 0.6 is 0 Å². The van der Waals surface area contributed by atoms with E-state index in [0.717, 1.165) is 25.7 Å². The molecule has 0 unspecified atom stereocenters. The summed E-state index contributed by atoms with van der Waals surface area (Å²) < 4.78 is 37.0. The normalized spacial score (nSPS) is 26.7. The second-order valence-electron chi connectivity index (χ2n) is 6.97. The smallest absolute Gasteiger partial charge is 0.295 e. The summed E-state index contributed by atoms with van der Waals surface area (Å²) in [6.45, 7) is 5.92. The summed E-state index contributed by atoms with van der Waals surface area (Å²) in [6.07, 6.45) is 1.08. The predicted octanol–water partition coefficient (Wildman–Crippen LogP) is 4.48. The van der Waals surface area contributed by atoms with Crippen LogP contribution in [0.2, 0.25) is 0 Å². The second-order valence-corrected chi connectivity index (χ2v) is 6.97. The Kier molecular flexibility index (Phi) is 5.10. The van der Waals surface area contributed by atoms with Gasteiger partial charge in [0, 0.05) is 6.04 Å². The van der Waals surface area contributed by atoms with Crippen LogP contribution in [0.5, 0.6) is 0 Å². The van der Waals surface area contributed by atoms with Gasteiger partial charge >= 0.3 is 6.18 Å². The first-order valence-corrected chi connectivity index (χ1v) is 6.84. The highest BCUT2D eigenvalue weighted by Gasteiger charge is 2.34. The van der Waals surface area contributed by atoms with Crippen molar-refractivity contribution in [1.82, 2.24) is 4.90 Å². The number of hydrogen-bond acceptors (Lipinski definition) is 1. The third-order valence-corrected chi connectivity index (χ3v) is 3.77. The van der Waals surface area contributed by atoms with Crippen molar-refractivity contribution in [2.45, 2.75) is 65.1 Å². The van der Waals surface area contributed by atoms with Gasteiger partial charge in [-0.2, -0.15) is 13.2 Å². The van der Waals surface area contributed by atoms with E-state index < -0.39 is 12.7 Å². The molecule has 18 heavy (non-hydrogen) atoms. The lowest BCUT2D eigenvalue weighted by atomic mass is 9.76. The van der Waals surface area contributed by atoms with Crippen molar-refractivity contribution >= 4 is 0 Å². The molecular formula is C14H26F3N. The molecule has 0 aromatic heterocycles. The molecular weight excluding hydrogens is 239 g/mol. The molecule has 0 spiro atoms. The Hall–Kier alpha value is -0.250. The Morgan fingerprint density at radius 3 is 1.89 bits per heavy atom. The summed E-state index contributed by atoms with van der Waals surface area (Å²) in [7, 11) is 1.60. The third-order valence-electron chi connectivity index (χ3n) is 3.77. The zero-order chi connectivity index (χ0) is 14.0. The van der Waals surface area contributed by atoms with Gasteiger partial charge in [-0.1, -0.05) is 20.8 Å². The number of rotatable bonds is 3. The maximum atomic E-state index is 12.3. The quantitative estimate of drug-likeness (QED) is 0.727. The lowest BCUT2D eigenvalue weighted by molar-refractivity contribution is -0.149. The lowest BCUT2D eigenvalue weighted by Gasteiger charge is -2.37. The highest BCUT2D eigenvalue weighted by Crippen LogP contribution is 2.35. The molecule has 1 saturated carbocycles. The van der Waals surface area contributed by atoms with Gasteiger partial charge in [-0.05, 0) is 50.5 Å². The average Bonchev–Trinajstić information content (AvgIpc) is 2.13. The standard InChI is InChI=1S/C14H26F3N/c1-13(2,3)9-11-5-7-12(8-6-11)18(4)10-14(15,16)17/h11-12H,5-10H2,1-4H3. The molecule has 1 rings (SSSR count). The maximum absolute atomic E-state index is 12.3. The van der Waals surface area contributed by atoms with E-state index in [-0.39, 0.29) is 6.04 Å². The molecule has 4 heteroatoms. The van der Waals surface area contributed by atoms with Crippen molar-refractivity contribution < 1.29 is 13.2 Å².